The van der Waals surface area contributed by atoms with E-state index in [1.54, 1.807) is 10.6 Å². The fourth-order valence-electron chi connectivity index (χ4n) is 2.22. The summed E-state index contributed by atoms with van der Waals surface area (Å²) in [4.78, 5) is 5.05. The molecule has 6 nitrogen and oxygen atoms in total. The number of nitrogens with zero attached hydrogens (tertiary/aromatic N) is 3. The maximum atomic E-state index is 12.9. The van der Waals surface area contributed by atoms with Gasteiger partial charge in [-0.15, -0.1) is 11.3 Å². The summed E-state index contributed by atoms with van der Waals surface area (Å²) in [5.74, 6) is 0.429. The van der Waals surface area contributed by atoms with Crippen LogP contribution in [0.25, 0.3) is 4.96 Å². The number of thiazole rings is 1. The van der Waals surface area contributed by atoms with E-state index in [-0.39, 0.29) is 11.1 Å². The number of hydrogen-bond acceptors (Lipinski definition) is 5. The molecule has 0 aliphatic carbocycles. The van der Waals surface area contributed by atoms with Crippen molar-refractivity contribution in [2.24, 2.45) is 0 Å². The summed E-state index contributed by atoms with van der Waals surface area (Å²) in [6, 6.07) is -0.0938. The van der Waals surface area contributed by atoms with Gasteiger partial charge < -0.3 is 5.32 Å². The summed E-state index contributed by atoms with van der Waals surface area (Å²) in [5, 5.41) is 5.11. The molecule has 0 saturated carbocycles. The molecule has 0 unspecified atom stereocenters. The molecule has 0 bridgehead atoms. The SMILES string of the molecule is CCNc1nc2sccn2c1S(=O)(=O)N(CC)C(C)C. The Labute approximate surface area is 123 Å². The standard InChI is InChI=1S/C12H20N4O2S2/c1-5-13-10-11(15-7-8-19-12(15)14-10)20(17,18)16(6-2)9(3)4/h7-9,13H,5-6H2,1-4H3. The first-order chi connectivity index (χ1) is 9.43. The van der Waals surface area contributed by atoms with Crippen molar-refractivity contribution in [1.29, 1.82) is 0 Å². The van der Waals surface area contributed by atoms with Gasteiger partial charge in [-0.05, 0) is 20.8 Å². The molecule has 0 spiro atoms. The van der Waals surface area contributed by atoms with Crippen LogP contribution in [0.3, 0.4) is 0 Å². The maximum Gasteiger partial charge on any atom is 0.263 e. The third kappa shape index (κ3) is 2.43. The largest absolute Gasteiger partial charge is 0.368 e. The highest BCUT2D eigenvalue weighted by atomic mass is 32.2. The number of nitrogens with one attached hydrogen (secondary N) is 1. The Bertz CT molecular complexity index is 687. The first-order valence-electron chi connectivity index (χ1n) is 6.64. The zero-order chi connectivity index (χ0) is 14.9. The highest BCUT2D eigenvalue weighted by Gasteiger charge is 2.32. The molecule has 2 aromatic rings. The van der Waals surface area contributed by atoms with Crippen LogP contribution >= 0.6 is 11.3 Å². The van der Waals surface area contributed by atoms with Crippen molar-refractivity contribution < 1.29 is 8.42 Å². The Hall–Kier alpha value is -1.12. The second-order valence-electron chi connectivity index (χ2n) is 4.65. The molecular weight excluding hydrogens is 296 g/mol. The number of imidazole rings is 1. The van der Waals surface area contributed by atoms with Gasteiger partial charge in [0, 0.05) is 30.7 Å². The van der Waals surface area contributed by atoms with Gasteiger partial charge in [0.15, 0.2) is 15.8 Å². The fraction of sp³-hybridized carbons (Fsp3) is 0.583. The predicted octanol–water partition coefficient (Wildman–Crippen LogP) is 2.25. The molecule has 112 valence electrons. The molecule has 0 fully saturated rings. The molecule has 2 heterocycles. The molecule has 0 aliphatic heterocycles. The Balaban J connectivity index is 2.65. The molecule has 0 atom stereocenters. The smallest absolute Gasteiger partial charge is 0.263 e. The van der Waals surface area contributed by atoms with Crippen LogP contribution in [0.4, 0.5) is 5.82 Å². The normalized spacial score (nSPS) is 12.7. The van der Waals surface area contributed by atoms with Gasteiger partial charge in [0.1, 0.15) is 0 Å². The molecule has 0 aromatic carbocycles. The molecule has 0 amide bonds. The van der Waals surface area contributed by atoms with Gasteiger partial charge in [0.25, 0.3) is 10.0 Å². The summed E-state index contributed by atoms with van der Waals surface area (Å²) in [7, 11) is -3.58. The Kier molecular flexibility index (Phi) is 4.36. The van der Waals surface area contributed by atoms with Crippen molar-refractivity contribution in [2.45, 2.75) is 38.8 Å². The van der Waals surface area contributed by atoms with Gasteiger partial charge in [-0.3, -0.25) is 4.40 Å². The number of hydrogen-bond donors (Lipinski definition) is 1. The van der Waals surface area contributed by atoms with Gasteiger partial charge >= 0.3 is 0 Å². The Morgan fingerprint density at radius 3 is 2.70 bits per heavy atom. The quantitative estimate of drug-likeness (QED) is 0.887. The summed E-state index contributed by atoms with van der Waals surface area (Å²) in [5.41, 5.74) is 0. The lowest BCUT2D eigenvalue weighted by molar-refractivity contribution is 0.367. The summed E-state index contributed by atoms with van der Waals surface area (Å²) in [6.45, 7) is 8.57. The second-order valence-corrected chi connectivity index (χ2v) is 7.33. The van der Waals surface area contributed by atoms with Crippen LogP contribution in [0.15, 0.2) is 16.6 Å². The van der Waals surface area contributed by atoms with Crippen molar-refractivity contribution in [1.82, 2.24) is 13.7 Å². The fourth-order valence-corrected chi connectivity index (χ4v) is 4.86. The monoisotopic (exact) mass is 316 g/mol. The zero-order valence-electron chi connectivity index (χ0n) is 12.1. The van der Waals surface area contributed by atoms with Crippen LogP contribution in [0.5, 0.6) is 0 Å². The predicted molar refractivity (Wildman–Crippen MR) is 81.9 cm³/mol. The highest BCUT2D eigenvalue weighted by molar-refractivity contribution is 7.89. The van der Waals surface area contributed by atoms with Gasteiger partial charge in [-0.2, -0.15) is 4.31 Å². The summed E-state index contributed by atoms with van der Waals surface area (Å²) >= 11 is 1.42. The van der Waals surface area contributed by atoms with Gasteiger partial charge in [-0.25, -0.2) is 13.4 Å². The first-order valence-corrected chi connectivity index (χ1v) is 8.96. The van der Waals surface area contributed by atoms with Crippen LogP contribution in [0.1, 0.15) is 27.7 Å². The number of aromatic nitrogens is 2. The van der Waals surface area contributed by atoms with Gasteiger partial charge in [0.2, 0.25) is 0 Å². The van der Waals surface area contributed by atoms with E-state index in [4.69, 9.17) is 0 Å². The highest BCUT2D eigenvalue weighted by Crippen LogP contribution is 2.29. The van der Waals surface area contributed by atoms with E-state index >= 15 is 0 Å². The van der Waals surface area contributed by atoms with Crippen molar-refractivity contribution in [3.8, 4) is 0 Å². The van der Waals surface area contributed by atoms with E-state index in [2.05, 4.69) is 10.3 Å². The lowest BCUT2D eigenvalue weighted by Gasteiger charge is -2.24. The molecule has 0 saturated heterocycles. The van der Waals surface area contributed by atoms with Crippen molar-refractivity contribution in [3.05, 3.63) is 11.6 Å². The van der Waals surface area contributed by atoms with Crippen LogP contribution < -0.4 is 5.32 Å². The summed E-state index contributed by atoms with van der Waals surface area (Å²) in [6.07, 6.45) is 1.74. The van der Waals surface area contributed by atoms with Crippen molar-refractivity contribution in [2.75, 3.05) is 18.4 Å². The molecular formula is C12H20N4O2S2. The van der Waals surface area contributed by atoms with Crippen molar-refractivity contribution >= 4 is 32.1 Å². The molecule has 0 aliphatic rings. The lowest BCUT2D eigenvalue weighted by Crippen LogP contribution is -2.37. The lowest BCUT2D eigenvalue weighted by atomic mass is 10.4. The third-order valence-electron chi connectivity index (χ3n) is 3.00. The van der Waals surface area contributed by atoms with E-state index < -0.39 is 10.0 Å². The zero-order valence-corrected chi connectivity index (χ0v) is 13.8. The maximum absolute atomic E-state index is 12.9. The van der Waals surface area contributed by atoms with Crippen LogP contribution in [-0.2, 0) is 10.0 Å². The van der Waals surface area contributed by atoms with Crippen LogP contribution in [-0.4, -0.2) is 41.2 Å². The third-order valence-corrected chi connectivity index (χ3v) is 5.94. The minimum absolute atomic E-state index is 0.0938. The Morgan fingerprint density at radius 1 is 1.45 bits per heavy atom. The van der Waals surface area contributed by atoms with Gasteiger partial charge in [-0.1, -0.05) is 6.92 Å². The molecule has 0 radical (unpaired) electrons. The number of rotatable bonds is 6. The van der Waals surface area contributed by atoms with E-state index in [9.17, 15) is 8.42 Å². The molecule has 1 N–H and O–H groups in total. The average Bonchev–Trinajstić information content (AvgIpc) is 2.88. The second kappa shape index (κ2) is 5.71. The average molecular weight is 316 g/mol. The van der Waals surface area contributed by atoms with Crippen LogP contribution in [0, 0.1) is 0 Å². The minimum atomic E-state index is -3.58. The van der Waals surface area contributed by atoms with Gasteiger partial charge in [0.05, 0.1) is 0 Å². The van der Waals surface area contributed by atoms with E-state index in [0.717, 1.165) is 0 Å². The number of fused-ring (bicyclic) bond motifs is 1. The summed E-state index contributed by atoms with van der Waals surface area (Å²) < 4.78 is 28.9. The minimum Gasteiger partial charge on any atom is -0.368 e. The molecule has 20 heavy (non-hydrogen) atoms. The van der Waals surface area contributed by atoms with Crippen LogP contribution in [0.2, 0.25) is 0 Å². The number of sulfonamides is 1. The molecule has 2 aromatic heterocycles. The van der Waals surface area contributed by atoms with E-state index in [1.807, 2.05) is 33.1 Å². The van der Waals surface area contributed by atoms with E-state index in [0.29, 0.717) is 23.9 Å². The first kappa shape index (κ1) is 15.3. The van der Waals surface area contributed by atoms with Crippen molar-refractivity contribution in [3.63, 3.8) is 0 Å². The molecule has 2 rings (SSSR count). The topological polar surface area (TPSA) is 66.7 Å². The Morgan fingerprint density at radius 2 is 2.15 bits per heavy atom. The number of anilines is 1. The van der Waals surface area contributed by atoms with E-state index in [1.165, 1.54) is 15.6 Å². The molecule has 8 heteroatoms.